The lowest BCUT2D eigenvalue weighted by Gasteiger charge is -2.57. The van der Waals surface area contributed by atoms with Crippen LogP contribution in [0.25, 0.3) is 5.57 Å². The molecule has 3 fully saturated rings. The largest absolute Gasteiger partial charge is 0.461 e. The summed E-state index contributed by atoms with van der Waals surface area (Å²) in [5, 5.41) is 2.78. The number of allylic oxidation sites excluding steroid dienone is 3. The molecular weight excluding hydrogens is 500 g/mol. The number of amides is 1. The summed E-state index contributed by atoms with van der Waals surface area (Å²) >= 11 is 0. The molecule has 216 valence electrons. The van der Waals surface area contributed by atoms with E-state index in [0.717, 1.165) is 51.9 Å². The fourth-order valence-corrected chi connectivity index (χ4v) is 8.93. The third-order valence-corrected chi connectivity index (χ3v) is 11.3. The molecule has 5 aliphatic rings. The van der Waals surface area contributed by atoms with Crippen molar-refractivity contribution in [2.24, 2.45) is 28.6 Å². The molecule has 6 atom stereocenters. The maximum atomic E-state index is 12.6. The lowest BCUT2D eigenvalue weighted by molar-refractivity contribution is -0.151. The molecule has 0 bridgehead atoms. The average Bonchev–Trinajstić information content (AvgIpc) is 3.31. The van der Waals surface area contributed by atoms with Gasteiger partial charge in [0.15, 0.2) is 0 Å². The number of hydrogen-bond donors (Lipinski definition) is 1. The van der Waals surface area contributed by atoms with E-state index in [1.54, 1.807) is 0 Å². The Bertz CT molecular complexity index is 1170. The van der Waals surface area contributed by atoms with E-state index in [4.69, 9.17) is 4.74 Å². The van der Waals surface area contributed by atoms with Crippen LogP contribution < -0.4 is 5.32 Å². The standard InChI is InChI=1S/C33H46N4O3/c1-32-12-10-25(40-31(39)21-35-30(38)22-37-17-15-36(3)16-18-37)19-24(32)6-7-26-28-9-8-27(23-5-4-14-34-20-23)33(28,2)13-11-29(26)32/h4-6,8,14,20,25-26,28-29H,7,9-13,15-19,21-22H2,1-3H3,(H,35,38)/t25-,26-,28-,29-,32-,33+/m0/s1. The minimum atomic E-state index is -0.317. The second-order valence-electron chi connectivity index (χ2n) is 13.5. The summed E-state index contributed by atoms with van der Waals surface area (Å²) in [5.74, 6) is 1.66. The Balaban J connectivity index is 1.03. The molecule has 0 unspecified atom stereocenters. The zero-order valence-corrected chi connectivity index (χ0v) is 24.5. The first-order chi connectivity index (χ1) is 19.3. The third kappa shape index (κ3) is 5.16. The van der Waals surface area contributed by atoms with Gasteiger partial charge < -0.3 is 15.0 Å². The predicted octanol–water partition coefficient (Wildman–Crippen LogP) is 4.31. The summed E-state index contributed by atoms with van der Waals surface area (Å²) < 4.78 is 5.90. The van der Waals surface area contributed by atoms with Crippen molar-refractivity contribution in [2.45, 2.75) is 64.9 Å². The van der Waals surface area contributed by atoms with E-state index in [0.29, 0.717) is 24.3 Å². The Labute approximate surface area is 239 Å². The molecule has 0 radical (unpaired) electrons. The highest BCUT2D eigenvalue weighted by Gasteiger charge is 2.57. The van der Waals surface area contributed by atoms with E-state index < -0.39 is 0 Å². The van der Waals surface area contributed by atoms with Gasteiger partial charge in [0.1, 0.15) is 12.6 Å². The minimum Gasteiger partial charge on any atom is -0.461 e. The predicted molar refractivity (Wildman–Crippen MR) is 156 cm³/mol. The minimum absolute atomic E-state index is 0.0450. The first-order valence-corrected chi connectivity index (χ1v) is 15.4. The summed E-state index contributed by atoms with van der Waals surface area (Å²) in [5.41, 5.74) is 4.73. The van der Waals surface area contributed by atoms with Gasteiger partial charge in [0.05, 0.1) is 6.54 Å². The van der Waals surface area contributed by atoms with Gasteiger partial charge in [0.25, 0.3) is 0 Å². The number of nitrogens with zero attached hydrogens (tertiary/aromatic N) is 3. The Hall–Kier alpha value is -2.51. The molecule has 1 aromatic heterocycles. The van der Waals surface area contributed by atoms with Gasteiger partial charge in [0, 0.05) is 45.0 Å². The molecule has 4 aliphatic carbocycles. The number of hydrogen-bond acceptors (Lipinski definition) is 6. The lowest BCUT2D eigenvalue weighted by atomic mass is 9.47. The van der Waals surface area contributed by atoms with Gasteiger partial charge in [-0.3, -0.25) is 19.5 Å². The van der Waals surface area contributed by atoms with Gasteiger partial charge in [-0.1, -0.05) is 37.6 Å². The smallest absolute Gasteiger partial charge is 0.325 e. The van der Waals surface area contributed by atoms with Gasteiger partial charge >= 0.3 is 5.97 Å². The Kier molecular flexibility index (Phi) is 7.64. The van der Waals surface area contributed by atoms with E-state index in [2.05, 4.69) is 65.3 Å². The number of carbonyl (C=O) groups excluding carboxylic acids is 2. The van der Waals surface area contributed by atoms with Crippen molar-refractivity contribution in [3.63, 3.8) is 0 Å². The number of aromatic nitrogens is 1. The Morgan fingerprint density at radius 1 is 1.05 bits per heavy atom. The zero-order valence-electron chi connectivity index (χ0n) is 24.5. The quantitative estimate of drug-likeness (QED) is 0.423. The highest BCUT2D eigenvalue weighted by atomic mass is 16.5. The second kappa shape index (κ2) is 11.1. The Morgan fingerprint density at radius 3 is 2.62 bits per heavy atom. The van der Waals surface area contributed by atoms with Gasteiger partial charge in [-0.15, -0.1) is 0 Å². The van der Waals surface area contributed by atoms with Crippen molar-refractivity contribution in [2.75, 3.05) is 46.3 Å². The Morgan fingerprint density at radius 2 is 1.85 bits per heavy atom. The summed E-state index contributed by atoms with van der Waals surface area (Å²) in [6.45, 7) is 8.99. The van der Waals surface area contributed by atoms with Crippen LogP contribution in [0, 0.1) is 28.6 Å². The normalized spacial score (nSPS) is 36.0. The monoisotopic (exact) mass is 546 g/mol. The van der Waals surface area contributed by atoms with Crippen molar-refractivity contribution in [3.8, 4) is 0 Å². The molecular formula is C33H46N4O3. The summed E-state index contributed by atoms with van der Waals surface area (Å²) in [6.07, 6.45) is 16.4. The number of piperazine rings is 1. The number of ether oxygens (including phenoxy) is 1. The SMILES string of the molecule is CN1CCN(CC(=O)NCC(=O)O[C@H]2CC[C@@]3(C)C(=CC[C@@H]4[C@@H]3CC[C@]3(C)C(c5cccnc5)=CC[C@@H]43)C2)CC1. The average molecular weight is 547 g/mol. The van der Waals surface area contributed by atoms with Crippen LogP contribution in [0.15, 0.2) is 42.3 Å². The third-order valence-electron chi connectivity index (χ3n) is 11.3. The van der Waals surface area contributed by atoms with E-state index in [-0.39, 0.29) is 35.4 Å². The maximum Gasteiger partial charge on any atom is 0.325 e. The number of esters is 1. The molecule has 6 rings (SSSR count). The molecule has 7 nitrogen and oxygen atoms in total. The van der Waals surface area contributed by atoms with Gasteiger partial charge in [-0.05, 0) is 91.4 Å². The molecule has 0 aromatic carbocycles. The first-order valence-electron chi connectivity index (χ1n) is 15.4. The van der Waals surface area contributed by atoms with Gasteiger partial charge in [-0.2, -0.15) is 0 Å². The molecule has 7 heteroatoms. The van der Waals surface area contributed by atoms with Crippen LogP contribution in [0.3, 0.4) is 0 Å². The van der Waals surface area contributed by atoms with Crippen LogP contribution in [0.4, 0.5) is 0 Å². The highest BCUT2D eigenvalue weighted by Crippen LogP contribution is 2.66. The molecule has 1 amide bonds. The summed E-state index contributed by atoms with van der Waals surface area (Å²) in [7, 11) is 2.10. The van der Waals surface area contributed by atoms with Crippen LogP contribution in [-0.4, -0.2) is 79.1 Å². The van der Waals surface area contributed by atoms with E-state index in [9.17, 15) is 9.59 Å². The zero-order chi connectivity index (χ0) is 27.9. The summed E-state index contributed by atoms with van der Waals surface area (Å²) in [4.78, 5) is 33.8. The number of pyridine rings is 1. The topological polar surface area (TPSA) is 74.8 Å². The number of likely N-dealkylation sites (N-methyl/N-ethyl adjacent to an activating group) is 1. The first kappa shape index (κ1) is 27.6. The van der Waals surface area contributed by atoms with E-state index in [1.807, 2.05) is 12.4 Å². The van der Waals surface area contributed by atoms with Crippen LogP contribution in [0.1, 0.15) is 64.4 Å². The molecule has 0 spiro atoms. The fraction of sp³-hybridized carbons (Fsp3) is 0.667. The number of carbonyl (C=O) groups is 2. The highest BCUT2D eigenvalue weighted by molar-refractivity contribution is 5.83. The fourth-order valence-electron chi connectivity index (χ4n) is 8.93. The van der Waals surface area contributed by atoms with Gasteiger partial charge in [-0.25, -0.2) is 0 Å². The molecule has 1 saturated heterocycles. The number of nitrogens with one attached hydrogen (secondary N) is 1. The van der Waals surface area contributed by atoms with E-state index >= 15 is 0 Å². The molecule has 2 saturated carbocycles. The lowest BCUT2D eigenvalue weighted by Crippen LogP contribution is -2.50. The molecule has 1 aromatic rings. The van der Waals surface area contributed by atoms with Gasteiger partial charge in [0.2, 0.25) is 5.91 Å². The van der Waals surface area contributed by atoms with Crippen LogP contribution >= 0.6 is 0 Å². The van der Waals surface area contributed by atoms with Crippen molar-refractivity contribution in [1.82, 2.24) is 20.1 Å². The van der Waals surface area contributed by atoms with Crippen molar-refractivity contribution in [1.29, 1.82) is 0 Å². The summed E-state index contributed by atoms with van der Waals surface area (Å²) in [6, 6.07) is 4.28. The van der Waals surface area contributed by atoms with Crippen LogP contribution in [0.5, 0.6) is 0 Å². The second-order valence-corrected chi connectivity index (χ2v) is 13.5. The molecule has 1 N–H and O–H groups in total. The van der Waals surface area contributed by atoms with Crippen molar-refractivity contribution in [3.05, 3.63) is 47.8 Å². The molecule has 40 heavy (non-hydrogen) atoms. The van der Waals surface area contributed by atoms with Crippen molar-refractivity contribution < 1.29 is 14.3 Å². The number of fused-ring (bicyclic) bond motifs is 5. The van der Waals surface area contributed by atoms with E-state index in [1.165, 1.54) is 36.0 Å². The van der Waals surface area contributed by atoms with Crippen LogP contribution in [-0.2, 0) is 14.3 Å². The van der Waals surface area contributed by atoms with Crippen molar-refractivity contribution >= 4 is 17.4 Å². The maximum absolute atomic E-state index is 12.6. The number of rotatable bonds is 6. The molecule has 2 heterocycles. The van der Waals surface area contributed by atoms with Crippen LogP contribution in [0.2, 0.25) is 0 Å². The molecule has 1 aliphatic heterocycles.